The van der Waals surface area contributed by atoms with Crippen LogP contribution in [0.25, 0.3) is 0 Å². The molecule has 0 saturated carbocycles. The normalized spacial score (nSPS) is 8.25. The third-order valence-electron chi connectivity index (χ3n) is 1.50. The first-order chi connectivity index (χ1) is 7.70. The lowest BCUT2D eigenvalue weighted by Gasteiger charge is -1.82. The van der Waals surface area contributed by atoms with Crippen molar-refractivity contribution in [3.63, 3.8) is 0 Å². The van der Waals surface area contributed by atoms with E-state index < -0.39 is 0 Å². The Hall–Kier alpha value is -1.15. The van der Waals surface area contributed by atoms with Gasteiger partial charge in [-0.3, -0.25) is 4.98 Å². The highest BCUT2D eigenvalue weighted by molar-refractivity contribution is 7.09. The molecule has 0 aliphatic carbocycles. The van der Waals surface area contributed by atoms with Gasteiger partial charge in [-0.25, -0.2) is 0 Å². The number of rotatable bonds is 0. The van der Waals surface area contributed by atoms with Crippen molar-refractivity contribution in [2.24, 2.45) is 0 Å². The summed E-state index contributed by atoms with van der Waals surface area (Å²) in [5.74, 6) is 0. The smallest absolute Gasteiger partial charge is 0.0893 e. The van der Waals surface area contributed by atoms with Crippen molar-refractivity contribution in [3.05, 3.63) is 52.5 Å². The predicted octanol–water partition coefficient (Wildman–Crippen LogP) is 4.86. The predicted molar refractivity (Wildman–Crippen MR) is 74.0 cm³/mol. The second kappa shape index (κ2) is 10.4. The van der Waals surface area contributed by atoms with Crippen LogP contribution in [0.2, 0.25) is 0 Å². The SMILES string of the molecule is CCC.Cc1ccccc1.Cc1nccs1. The highest BCUT2D eigenvalue weighted by Crippen LogP contribution is 1.98. The second-order valence-corrected chi connectivity index (χ2v) is 4.51. The van der Waals surface area contributed by atoms with E-state index in [0.29, 0.717) is 0 Å². The van der Waals surface area contributed by atoms with Crippen LogP contribution in [0, 0.1) is 13.8 Å². The van der Waals surface area contributed by atoms with Crippen LogP contribution in [0.5, 0.6) is 0 Å². The summed E-state index contributed by atoms with van der Waals surface area (Å²) in [4.78, 5) is 3.94. The van der Waals surface area contributed by atoms with Crippen LogP contribution in [0.4, 0.5) is 0 Å². The van der Waals surface area contributed by atoms with Crippen LogP contribution in [0.15, 0.2) is 41.9 Å². The summed E-state index contributed by atoms with van der Waals surface area (Å²) in [6.45, 7) is 8.32. The van der Waals surface area contributed by atoms with E-state index >= 15 is 0 Å². The molecular formula is C14H21NS. The minimum Gasteiger partial charge on any atom is -0.250 e. The molecule has 2 aromatic rings. The van der Waals surface area contributed by atoms with E-state index in [0.717, 1.165) is 5.01 Å². The monoisotopic (exact) mass is 235 g/mol. The number of hydrogen-bond donors (Lipinski definition) is 0. The van der Waals surface area contributed by atoms with E-state index in [9.17, 15) is 0 Å². The molecule has 0 atom stereocenters. The molecule has 16 heavy (non-hydrogen) atoms. The fourth-order valence-corrected chi connectivity index (χ4v) is 1.27. The molecule has 0 amide bonds. The largest absolute Gasteiger partial charge is 0.250 e. The Kier molecular flexibility index (Phi) is 9.63. The quantitative estimate of drug-likeness (QED) is 0.635. The number of hydrogen-bond acceptors (Lipinski definition) is 2. The molecule has 0 radical (unpaired) electrons. The zero-order chi connectivity index (χ0) is 12.2. The van der Waals surface area contributed by atoms with Gasteiger partial charge in [0.1, 0.15) is 0 Å². The van der Waals surface area contributed by atoms with E-state index in [1.54, 1.807) is 17.5 Å². The molecular weight excluding hydrogens is 214 g/mol. The molecule has 88 valence electrons. The molecule has 0 saturated heterocycles. The average Bonchev–Trinajstić information content (AvgIpc) is 2.72. The lowest BCUT2D eigenvalue weighted by molar-refractivity contribution is 1.09. The molecule has 1 nitrogen and oxygen atoms in total. The van der Waals surface area contributed by atoms with Crippen LogP contribution >= 0.6 is 11.3 Å². The highest BCUT2D eigenvalue weighted by Gasteiger charge is 1.76. The van der Waals surface area contributed by atoms with Gasteiger partial charge in [0.25, 0.3) is 0 Å². The molecule has 0 N–H and O–H groups in total. The molecule has 0 unspecified atom stereocenters. The van der Waals surface area contributed by atoms with Crippen molar-refractivity contribution in [1.82, 2.24) is 4.98 Å². The van der Waals surface area contributed by atoms with Gasteiger partial charge in [-0.15, -0.1) is 11.3 Å². The van der Waals surface area contributed by atoms with Crippen molar-refractivity contribution >= 4 is 11.3 Å². The Bertz CT molecular complexity index is 327. The van der Waals surface area contributed by atoms with E-state index in [1.807, 2.05) is 30.5 Å². The van der Waals surface area contributed by atoms with Gasteiger partial charge in [0.15, 0.2) is 0 Å². The van der Waals surface area contributed by atoms with Crippen molar-refractivity contribution in [3.8, 4) is 0 Å². The summed E-state index contributed by atoms with van der Waals surface area (Å²) >= 11 is 1.67. The van der Waals surface area contributed by atoms with Crippen molar-refractivity contribution in [1.29, 1.82) is 0 Å². The summed E-state index contributed by atoms with van der Waals surface area (Å²) < 4.78 is 0. The molecule has 1 aromatic carbocycles. The summed E-state index contributed by atoms with van der Waals surface area (Å²) in [6.07, 6.45) is 3.06. The number of aromatic nitrogens is 1. The van der Waals surface area contributed by atoms with Gasteiger partial charge >= 0.3 is 0 Å². The highest BCUT2D eigenvalue weighted by atomic mass is 32.1. The van der Waals surface area contributed by atoms with Gasteiger partial charge in [-0.2, -0.15) is 0 Å². The van der Waals surface area contributed by atoms with Crippen LogP contribution in [-0.2, 0) is 0 Å². The molecule has 2 rings (SSSR count). The fourth-order valence-electron chi connectivity index (χ4n) is 0.829. The first kappa shape index (κ1) is 14.8. The van der Waals surface area contributed by atoms with Gasteiger partial charge in [0, 0.05) is 11.6 Å². The zero-order valence-corrected chi connectivity index (χ0v) is 11.4. The number of benzene rings is 1. The van der Waals surface area contributed by atoms with E-state index in [1.165, 1.54) is 12.0 Å². The maximum absolute atomic E-state index is 3.94. The van der Waals surface area contributed by atoms with Gasteiger partial charge < -0.3 is 0 Å². The summed E-state index contributed by atoms with van der Waals surface area (Å²) in [5, 5.41) is 3.10. The first-order valence-corrected chi connectivity index (χ1v) is 6.46. The Morgan fingerprint density at radius 2 is 1.62 bits per heavy atom. The van der Waals surface area contributed by atoms with Crippen LogP contribution < -0.4 is 0 Å². The fraction of sp³-hybridized carbons (Fsp3) is 0.357. The van der Waals surface area contributed by atoms with E-state index in [-0.39, 0.29) is 0 Å². The Balaban J connectivity index is 0.000000230. The maximum atomic E-state index is 3.94. The topological polar surface area (TPSA) is 12.9 Å². The van der Waals surface area contributed by atoms with Crippen LogP contribution in [-0.4, -0.2) is 4.98 Å². The third kappa shape index (κ3) is 9.41. The van der Waals surface area contributed by atoms with E-state index in [4.69, 9.17) is 0 Å². The molecule has 0 aliphatic rings. The maximum Gasteiger partial charge on any atom is 0.0893 e. The molecule has 0 spiro atoms. The van der Waals surface area contributed by atoms with Gasteiger partial charge in [0.05, 0.1) is 5.01 Å². The molecule has 0 fully saturated rings. The number of nitrogens with zero attached hydrogens (tertiary/aromatic N) is 1. The van der Waals surface area contributed by atoms with E-state index in [2.05, 4.69) is 37.9 Å². The van der Waals surface area contributed by atoms with Gasteiger partial charge in [0.2, 0.25) is 0 Å². The number of aryl methyl sites for hydroxylation is 2. The minimum atomic E-state index is 1.13. The Morgan fingerprint density at radius 1 is 1.06 bits per heavy atom. The Morgan fingerprint density at radius 3 is 1.81 bits per heavy atom. The van der Waals surface area contributed by atoms with Crippen molar-refractivity contribution in [2.45, 2.75) is 34.1 Å². The molecule has 0 aliphatic heterocycles. The summed E-state index contributed by atoms with van der Waals surface area (Å²) in [6, 6.07) is 10.3. The standard InChI is InChI=1S/C7H8.C4H5NS.C3H8/c1-7-5-3-2-4-6-7;1-4-5-2-3-6-4;1-3-2/h2-6H,1H3;2-3H,1H3;3H2,1-2H3. The Labute approximate surface area is 103 Å². The van der Waals surface area contributed by atoms with Crippen molar-refractivity contribution < 1.29 is 0 Å². The molecule has 1 heterocycles. The zero-order valence-electron chi connectivity index (χ0n) is 10.6. The minimum absolute atomic E-state index is 1.13. The second-order valence-electron chi connectivity index (χ2n) is 3.41. The van der Waals surface area contributed by atoms with Crippen LogP contribution in [0.1, 0.15) is 30.8 Å². The molecule has 2 heteroatoms. The molecule has 0 bridgehead atoms. The summed E-state index contributed by atoms with van der Waals surface area (Å²) in [5.41, 5.74) is 1.32. The lowest BCUT2D eigenvalue weighted by Crippen LogP contribution is -1.62. The van der Waals surface area contributed by atoms with Gasteiger partial charge in [-0.05, 0) is 13.8 Å². The van der Waals surface area contributed by atoms with Crippen molar-refractivity contribution in [2.75, 3.05) is 0 Å². The molecule has 1 aromatic heterocycles. The van der Waals surface area contributed by atoms with Crippen LogP contribution in [0.3, 0.4) is 0 Å². The number of thiazole rings is 1. The average molecular weight is 235 g/mol. The first-order valence-electron chi connectivity index (χ1n) is 5.58. The summed E-state index contributed by atoms with van der Waals surface area (Å²) in [7, 11) is 0. The third-order valence-corrected chi connectivity index (χ3v) is 2.20. The van der Waals surface area contributed by atoms with Gasteiger partial charge in [-0.1, -0.05) is 56.2 Å². The lowest BCUT2D eigenvalue weighted by atomic mass is 10.2.